The lowest BCUT2D eigenvalue weighted by Gasteiger charge is -2.33. The summed E-state index contributed by atoms with van der Waals surface area (Å²) in [7, 11) is -3.75. The maximum atomic E-state index is 13.0. The number of benzene rings is 1. The number of carbonyl (C=O) groups excluding carboxylic acids is 2. The molecule has 1 aliphatic rings. The Bertz CT molecular complexity index is 983. The maximum absolute atomic E-state index is 13.0. The van der Waals surface area contributed by atoms with E-state index in [0.29, 0.717) is 5.69 Å². The summed E-state index contributed by atoms with van der Waals surface area (Å²) in [5.41, 5.74) is 0.601. The molecule has 156 valence electrons. The van der Waals surface area contributed by atoms with E-state index in [1.165, 1.54) is 32.7 Å². The van der Waals surface area contributed by atoms with Crippen LogP contribution in [0.15, 0.2) is 34.5 Å². The third-order valence-corrected chi connectivity index (χ3v) is 7.13. The number of aromatic nitrogens is 1. The molecular formula is C18H20FN3O5S2. The van der Waals surface area contributed by atoms with Crippen LogP contribution in [0.2, 0.25) is 0 Å². The highest BCUT2D eigenvalue weighted by molar-refractivity contribution is 7.89. The van der Waals surface area contributed by atoms with E-state index in [1.54, 1.807) is 5.38 Å². The van der Waals surface area contributed by atoms with Crippen molar-refractivity contribution in [2.24, 2.45) is 0 Å². The van der Waals surface area contributed by atoms with Crippen LogP contribution < -0.4 is 0 Å². The van der Waals surface area contributed by atoms with Crippen LogP contribution in [0, 0.1) is 12.7 Å². The summed E-state index contributed by atoms with van der Waals surface area (Å²) in [5.74, 6) is -1.44. The second kappa shape index (κ2) is 8.97. The molecule has 0 spiro atoms. The molecule has 1 saturated heterocycles. The van der Waals surface area contributed by atoms with Gasteiger partial charge in [0.1, 0.15) is 5.82 Å². The molecule has 3 rings (SSSR count). The number of piperazine rings is 1. The Morgan fingerprint density at radius 1 is 1.17 bits per heavy atom. The highest BCUT2D eigenvalue weighted by Gasteiger charge is 2.30. The molecule has 0 atom stereocenters. The number of aryl methyl sites for hydroxylation is 1. The molecule has 0 aliphatic carbocycles. The van der Waals surface area contributed by atoms with Crippen LogP contribution in [0.3, 0.4) is 0 Å². The number of thiazole rings is 1. The molecule has 0 unspecified atom stereocenters. The summed E-state index contributed by atoms with van der Waals surface area (Å²) in [6, 6.07) is 4.61. The van der Waals surface area contributed by atoms with E-state index >= 15 is 0 Å². The quantitative estimate of drug-likeness (QED) is 0.625. The third-order valence-electron chi connectivity index (χ3n) is 4.39. The number of halogens is 1. The average molecular weight is 442 g/mol. The number of nitrogens with zero attached hydrogens (tertiary/aromatic N) is 3. The SMILES string of the molecule is Cc1nc(CC(=O)OCC(=O)N2CCN(S(=O)(=O)c3ccc(F)cc3)CC2)cs1. The van der Waals surface area contributed by atoms with Gasteiger partial charge in [-0.1, -0.05) is 0 Å². The van der Waals surface area contributed by atoms with Crippen molar-refractivity contribution in [1.82, 2.24) is 14.2 Å². The van der Waals surface area contributed by atoms with Gasteiger partial charge in [0.15, 0.2) is 6.61 Å². The lowest BCUT2D eigenvalue weighted by molar-refractivity contribution is -0.152. The monoisotopic (exact) mass is 441 g/mol. The van der Waals surface area contributed by atoms with E-state index < -0.39 is 28.4 Å². The number of hydrogen-bond donors (Lipinski definition) is 0. The molecule has 0 radical (unpaired) electrons. The summed E-state index contributed by atoms with van der Waals surface area (Å²) in [4.78, 5) is 29.7. The van der Waals surface area contributed by atoms with Crippen LogP contribution >= 0.6 is 11.3 Å². The predicted octanol–water partition coefficient (Wildman–Crippen LogP) is 1.21. The van der Waals surface area contributed by atoms with Gasteiger partial charge < -0.3 is 9.64 Å². The van der Waals surface area contributed by atoms with Gasteiger partial charge in [-0.2, -0.15) is 4.31 Å². The van der Waals surface area contributed by atoms with E-state index in [4.69, 9.17) is 4.74 Å². The van der Waals surface area contributed by atoms with E-state index in [-0.39, 0.29) is 43.4 Å². The van der Waals surface area contributed by atoms with Gasteiger partial charge in [-0.15, -0.1) is 11.3 Å². The Kier molecular flexibility index (Phi) is 6.60. The minimum atomic E-state index is -3.75. The molecule has 0 saturated carbocycles. The molecule has 8 nitrogen and oxygen atoms in total. The van der Waals surface area contributed by atoms with Crippen molar-refractivity contribution in [2.45, 2.75) is 18.2 Å². The molecule has 0 N–H and O–H groups in total. The first-order chi connectivity index (χ1) is 13.8. The fourth-order valence-corrected chi connectivity index (χ4v) is 4.89. The van der Waals surface area contributed by atoms with Crippen molar-refractivity contribution >= 4 is 33.2 Å². The van der Waals surface area contributed by atoms with Gasteiger partial charge >= 0.3 is 5.97 Å². The van der Waals surface area contributed by atoms with Crippen molar-refractivity contribution in [1.29, 1.82) is 0 Å². The summed E-state index contributed by atoms with van der Waals surface area (Å²) in [6.07, 6.45) is 0.00130. The molecule has 0 bridgehead atoms. The number of carbonyl (C=O) groups is 2. The molecule has 11 heteroatoms. The van der Waals surface area contributed by atoms with Gasteiger partial charge in [0, 0.05) is 31.6 Å². The zero-order chi connectivity index (χ0) is 21.0. The number of sulfonamides is 1. The second-order valence-corrected chi connectivity index (χ2v) is 9.43. The molecule has 1 amide bonds. The van der Waals surface area contributed by atoms with Gasteiger partial charge in [-0.25, -0.2) is 17.8 Å². The minimum Gasteiger partial charge on any atom is -0.455 e. The Morgan fingerprint density at radius 2 is 1.83 bits per heavy atom. The van der Waals surface area contributed by atoms with Gasteiger partial charge in [0.25, 0.3) is 5.91 Å². The number of ether oxygens (including phenoxy) is 1. The van der Waals surface area contributed by atoms with E-state index in [9.17, 15) is 22.4 Å². The van der Waals surface area contributed by atoms with Crippen molar-refractivity contribution in [3.63, 3.8) is 0 Å². The summed E-state index contributed by atoms with van der Waals surface area (Å²) >= 11 is 1.43. The highest BCUT2D eigenvalue weighted by atomic mass is 32.2. The van der Waals surface area contributed by atoms with Crippen LogP contribution in [0.4, 0.5) is 4.39 Å². The molecule has 1 aromatic heterocycles. The normalized spacial score (nSPS) is 15.3. The molecule has 2 heterocycles. The lowest BCUT2D eigenvalue weighted by atomic mass is 10.3. The van der Waals surface area contributed by atoms with Gasteiger partial charge in [0.05, 0.1) is 22.0 Å². The Balaban J connectivity index is 1.47. The maximum Gasteiger partial charge on any atom is 0.312 e. The van der Waals surface area contributed by atoms with E-state index in [0.717, 1.165) is 17.1 Å². The van der Waals surface area contributed by atoms with Crippen molar-refractivity contribution in [3.05, 3.63) is 46.2 Å². The zero-order valence-electron chi connectivity index (χ0n) is 15.7. The summed E-state index contributed by atoms with van der Waals surface area (Å²) in [5, 5.41) is 2.61. The summed E-state index contributed by atoms with van der Waals surface area (Å²) in [6.45, 7) is 2.02. The highest BCUT2D eigenvalue weighted by Crippen LogP contribution is 2.18. The Labute approximate surface area is 172 Å². The lowest BCUT2D eigenvalue weighted by Crippen LogP contribution is -2.51. The fourth-order valence-electron chi connectivity index (χ4n) is 2.86. The molecule has 29 heavy (non-hydrogen) atoms. The van der Waals surface area contributed by atoms with E-state index in [2.05, 4.69) is 4.98 Å². The largest absolute Gasteiger partial charge is 0.455 e. The first kappa shape index (κ1) is 21.3. The smallest absolute Gasteiger partial charge is 0.312 e. The minimum absolute atomic E-state index is 0.00130. The second-order valence-electron chi connectivity index (χ2n) is 6.43. The van der Waals surface area contributed by atoms with Crippen LogP contribution in [0.5, 0.6) is 0 Å². The van der Waals surface area contributed by atoms with Crippen molar-refractivity contribution in [3.8, 4) is 0 Å². The number of hydrogen-bond acceptors (Lipinski definition) is 7. The number of amides is 1. The number of rotatable bonds is 6. The standard InChI is InChI=1S/C18H20FN3O5S2/c1-13-20-15(12-28-13)10-18(24)27-11-17(23)21-6-8-22(9-7-21)29(25,26)16-4-2-14(19)3-5-16/h2-5,12H,6-11H2,1H3. The van der Waals surface area contributed by atoms with E-state index in [1.807, 2.05) is 6.92 Å². The predicted molar refractivity (Wildman–Crippen MR) is 103 cm³/mol. The van der Waals surface area contributed by atoms with Crippen LogP contribution in [-0.2, 0) is 30.8 Å². The van der Waals surface area contributed by atoms with Gasteiger partial charge in [-0.05, 0) is 31.2 Å². The molecule has 1 aliphatic heterocycles. The van der Waals surface area contributed by atoms with Crippen LogP contribution in [-0.4, -0.2) is 67.3 Å². The Hall–Kier alpha value is -2.37. The third kappa shape index (κ3) is 5.37. The molecule has 2 aromatic rings. The molecule has 1 aromatic carbocycles. The zero-order valence-corrected chi connectivity index (χ0v) is 17.3. The molecular weight excluding hydrogens is 421 g/mol. The van der Waals surface area contributed by atoms with Crippen molar-refractivity contribution in [2.75, 3.05) is 32.8 Å². The van der Waals surface area contributed by atoms with Gasteiger partial charge in [0.2, 0.25) is 10.0 Å². The first-order valence-electron chi connectivity index (χ1n) is 8.86. The van der Waals surface area contributed by atoms with Crippen molar-refractivity contribution < 1.29 is 27.1 Å². The van der Waals surface area contributed by atoms with Gasteiger partial charge in [-0.3, -0.25) is 9.59 Å². The van der Waals surface area contributed by atoms with Crippen LogP contribution in [0.25, 0.3) is 0 Å². The van der Waals surface area contributed by atoms with Crippen LogP contribution in [0.1, 0.15) is 10.7 Å². The summed E-state index contributed by atoms with van der Waals surface area (Å²) < 4.78 is 44.5. The fraction of sp³-hybridized carbons (Fsp3) is 0.389. The topological polar surface area (TPSA) is 96.9 Å². The molecule has 1 fully saturated rings. The first-order valence-corrected chi connectivity index (χ1v) is 11.2. The number of esters is 1. The average Bonchev–Trinajstić information content (AvgIpc) is 3.11. The Morgan fingerprint density at radius 3 is 2.41 bits per heavy atom.